The molecule has 21 heavy (non-hydrogen) atoms. The zero-order valence-corrected chi connectivity index (χ0v) is 12.9. The van der Waals surface area contributed by atoms with Gasteiger partial charge in [0.2, 0.25) is 0 Å². The molecule has 0 aromatic rings. The molecule has 3 N–H and O–H groups in total. The minimum absolute atomic E-state index is 0.0113. The average Bonchev–Trinajstić information content (AvgIpc) is 2.84. The van der Waals surface area contributed by atoms with Crippen LogP contribution in [0.5, 0.6) is 0 Å². The fourth-order valence-electron chi connectivity index (χ4n) is 3.17. The van der Waals surface area contributed by atoms with Crippen LogP contribution in [0.1, 0.15) is 46.0 Å². The molecule has 6 nitrogen and oxygen atoms in total. The number of rotatable bonds is 4. The van der Waals surface area contributed by atoms with Gasteiger partial charge in [-0.3, -0.25) is 4.79 Å². The van der Waals surface area contributed by atoms with E-state index in [9.17, 15) is 14.7 Å². The van der Waals surface area contributed by atoms with Crippen molar-refractivity contribution in [3.05, 3.63) is 0 Å². The van der Waals surface area contributed by atoms with E-state index in [-0.39, 0.29) is 24.7 Å². The van der Waals surface area contributed by atoms with Crippen LogP contribution < -0.4 is 10.6 Å². The van der Waals surface area contributed by atoms with E-state index in [1.165, 1.54) is 0 Å². The summed E-state index contributed by atoms with van der Waals surface area (Å²) in [5.41, 5.74) is -0.804. The molecule has 0 radical (unpaired) electrons. The molecule has 2 fully saturated rings. The molecule has 2 rings (SSSR count). The first-order chi connectivity index (χ1) is 9.93. The second-order valence-electron chi connectivity index (χ2n) is 6.57. The van der Waals surface area contributed by atoms with Gasteiger partial charge in [0, 0.05) is 13.2 Å². The monoisotopic (exact) mass is 298 g/mol. The summed E-state index contributed by atoms with van der Waals surface area (Å²) in [7, 11) is 0. The highest BCUT2D eigenvalue weighted by atomic mass is 16.5. The fraction of sp³-hybridized carbons (Fsp3) is 0.867. The number of amides is 2. The highest BCUT2D eigenvalue weighted by Gasteiger charge is 2.41. The largest absolute Gasteiger partial charge is 0.481 e. The van der Waals surface area contributed by atoms with E-state index in [1.54, 1.807) is 0 Å². The predicted octanol–water partition coefficient (Wildman–Crippen LogP) is 1.74. The average molecular weight is 298 g/mol. The van der Waals surface area contributed by atoms with Crippen LogP contribution >= 0.6 is 0 Å². The van der Waals surface area contributed by atoms with Gasteiger partial charge in [-0.25, -0.2) is 4.79 Å². The molecule has 0 aromatic heterocycles. The number of hydrogen-bond donors (Lipinski definition) is 3. The molecule has 1 saturated heterocycles. The van der Waals surface area contributed by atoms with Crippen molar-refractivity contribution in [3.8, 4) is 0 Å². The number of ether oxygens (including phenoxy) is 1. The molecule has 0 aromatic carbocycles. The molecule has 2 unspecified atom stereocenters. The van der Waals surface area contributed by atoms with Gasteiger partial charge in [-0.15, -0.1) is 0 Å². The molecule has 1 heterocycles. The maximum atomic E-state index is 11.9. The molecule has 2 aliphatic rings. The van der Waals surface area contributed by atoms with Gasteiger partial charge in [-0.2, -0.15) is 0 Å². The van der Waals surface area contributed by atoms with Crippen molar-refractivity contribution >= 4 is 12.0 Å². The predicted molar refractivity (Wildman–Crippen MR) is 78.1 cm³/mol. The van der Waals surface area contributed by atoms with E-state index in [1.807, 2.05) is 6.92 Å². The fourth-order valence-corrected chi connectivity index (χ4v) is 3.17. The van der Waals surface area contributed by atoms with Crippen molar-refractivity contribution < 1.29 is 19.4 Å². The van der Waals surface area contributed by atoms with Gasteiger partial charge in [0.25, 0.3) is 0 Å². The summed E-state index contributed by atoms with van der Waals surface area (Å²) in [6.45, 7) is 4.93. The van der Waals surface area contributed by atoms with Gasteiger partial charge < -0.3 is 20.5 Å². The Balaban J connectivity index is 1.84. The molecule has 2 amide bonds. The van der Waals surface area contributed by atoms with Gasteiger partial charge in [0.05, 0.1) is 17.6 Å². The van der Waals surface area contributed by atoms with Crippen molar-refractivity contribution in [2.24, 2.45) is 11.3 Å². The maximum Gasteiger partial charge on any atom is 0.315 e. The van der Waals surface area contributed by atoms with Crippen LogP contribution in [-0.2, 0) is 9.53 Å². The lowest BCUT2D eigenvalue weighted by Crippen LogP contribution is -2.50. The van der Waals surface area contributed by atoms with Crippen molar-refractivity contribution in [1.29, 1.82) is 0 Å². The SMILES string of the molecule is CC1CCC(CNC(=O)NC2CCOC2C)(C(=O)O)CC1. The normalized spacial score (nSPS) is 36.2. The maximum absolute atomic E-state index is 11.9. The minimum atomic E-state index is -0.804. The Morgan fingerprint density at radius 1 is 1.24 bits per heavy atom. The third-order valence-corrected chi connectivity index (χ3v) is 4.97. The van der Waals surface area contributed by atoms with Crippen LogP contribution in [0.15, 0.2) is 0 Å². The Morgan fingerprint density at radius 3 is 2.43 bits per heavy atom. The number of nitrogens with one attached hydrogen (secondary N) is 2. The Labute approximate surface area is 125 Å². The van der Waals surface area contributed by atoms with Crippen molar-refractivity contribution in [1.82, 2.24) is 10.6 Å². The van der Waals surface area contributed by atoms with Gasteiger partial charge in [0.1, 0.15) is 0 Å². The number of carboxylic acid groups (broad SMARTS) is 1. The van der Waals surface area contributed by atoms with E-state index in [2.05, 4.69) is 17.6 Å². The Kier molecular flexibility index (Phi) is 5.08. The van der Waals surface area contributed by atoms with Crippen molar-refractivity contribution in [2.45, 2.75) is 58.1 Å². The first-order valence-electron chi connectivity index (χ1n) is 7.82. The third-order valence-electron chi connectivity index (χ3n) is 4.97. The highest BCUT2D eigenvalue weighted by molar-refractivity contribution is 5.78. The van der Waals surface area contributed by atoms with E-state index in [0.717, 1.165) is 19.3 Å². The summed E-state index contributed by atoms with van der Waals surface area (Å²) in [5, 5.41) is 15.1. The van der Waals surface area contributed by atoms with Gasteiger partial charge in [-0.1, -0.05) is 6.92 Å². The molecule has 1 saturated carbocycles. The topological polar surface area (TPSA) is 87.7 Å². The lowest BCUT2D eigenvalue weighted by molar-refractivity contribution is -0.151. The summed E-state index contributed by atoms with van der Waals surface area (Å²) >= 11 is 0. The number of aliphatic carboxylic acids is 1. The summed E-state index contributed by atoms with van der Waals surface area (Å²) in [5.74, 6) is -0.227. The van der Waals surface area contributed by atoms with E-state index in [0.29, 0.717) is 25.4 Å². The molecular weight excluding hydrogens is 272 g/mol. The van der Waals surface area contributed by atoms with Crippen LogP contribution in [-0.4, -0.2) is 42.4 Å². The molecule has 1 aliphatic heterocycles. The summed E-state index contributed by atoms with van der Waals surface area (Å²) in [4.78, 5) is 23.5. The number of carboxylic acids is 1. The van der Waals surface area contributed by atoms with Crippen molar-refractivity contribution in [3.63, 3.8) is 0 Å². The van der Waals surface area contributed by atoms with Gasteiger partial charge >= 0.3 is 12.0 Å². The lowest BCUT2D eigenvalue weighted by atomic mass is 9.71. The lowest BCUT2D eigenvalue weighted by Gasteiger charge is -2.35. The third kappa shape index (κ3) is 3.87. The summed E-state index contributed by atoms with van der Waals surface area (Å²) in [6.07, 6.45) is 3.89. The molecule has 6 heteroatoms. The number of urea groups is 1. The number of carbonyl (C=O) groups excluding carboxylic acids is 1. The van der Waals surface area contributed by atoms with Crippen LogP contribution in [0.25, 0.3) is 0 Å². The minimum Gasteiger partial charge on any atom is -0.481 e. The molecular formula is C15H26N2O4. The zero-order chi connectivity index (χ0) is 15.5. The van der Waals surface area contributed by atoms with Crippen molar-refractivity contribution in [2.75, 3.05) is 13.2 Å². The second-order valence-corrected chi connectivity index (χ2v) is 6.57. The Bertz CT molecular complexity index is 391. The molecule has 120 valence electrons. The van der Waals surface area contributed by atoms with Crippen LogP contribution in [0.4, 0.5) is 4.79 Å². The van der Waals surface area contributed by atoms with Crippen LogP contribution in [0, 0.1) is 11.3 Å². The summed E-state index contributed by atoms with van der Waals surface area (Å²) in [6, 6.07) is -0.284. The van der Waals surface area contributed by atoms with E-state index < -0.39 is 11.4 Å². The first-order valence-corrected chi connectivity index (χ1v) is 7.82. The van der Waals surface area contributed by atoms with Gasteiger partial charge in [-0.05, 0) is 44.9 Å². The number of carbonyl (C=O) groups is 2. The highest BCUT2D eigenvalue weighted by Crippen LogP contribution is 2.38. The van der Waals surface area contributed by atoms with Gasteiger partial charge in [0.15, 0.2) is 0 Å². The quantitative estimate of drug-likeness (QED) is 0.738. The smallest absolute Gasteiger partial charge is 0.315 e. The number of hydrogen-bond acceptors (Lipinski definition) is 3. The zero-order valence-electron chi connectivity index (χ0n) is 12.9. The molecule has 0 bridgehead atoms. The Hall–Kier alpha value is -1.30. The van der Waals surface area contributed by atoms with Crippen LogP contribution in [0.3, 0.4) is 0 Å². The Morgan fingerprint density at radius 2 is 1.90 bits per heavy atom. The molecule has 1 aliphatic carbocycles. The molecule has 0 spiro atoms. The van der Waals surface area contributed by atoms with E-state index >= 15 is 0 Å². The second kappa shape index (κ2) is 6.64. The summed E-state index contributed by atoms with van der Waals surface area (Å²) < 4.78 is 5.39. The standard InChI is InChI=1S/C15H26N2O4/c1-10-3-6-15(7-4-10,13(18)19)9-16-14(20)17-12-5-8-21-11(12)2/h10-12H,3-9H2,1-2H3,(H,18,19)(H2,16,17,20). The molecule has 2 atom stereocenters. The van der Waals surface area contributed by atoms with E-state index in [4.69, 9.17) is 4.74 Å². The first kappa shape index (κ1) is 16.1. The van der Waals surface area contributed by atoms with Crippen LogP contribution in [0.2, 0.25) is 0 Å².